The third kappa shape index (κ3) is 4.57. The van der Waals surface area contributed by atoms with E-state index in [0.717, 1.165) is 25.4 Å². The highest BCUT2D eigenvalue weighted by molar-refractivity contribution is 5.76. The molecule has 1 aromatic carbocycles. The largest absolute Gasteiger partial charge is 0.350 e. The van der Waals surface area contributed by atoms with Gasteiger partial charge in [-0.2, -0.15) is 0 Å². The minimum Gasteiger partial charge on any atom is -0.350 e. The van der Waals surface area contributed by atoms with Gasteiger partial charge in [0, 0.05) is 6.42 Å². The summed E-state index contributed by atoms with van der Waals surface area (Å²) in [5.74, 6) is 0.926. The number of benzene rings is 1. The Morgan fingerprint density at radius 2 is 1.96 bits per heavy atom. The number of carbonyl (C=O) groups is 1. The van der Waals surface area contributed by atoms with Crippen LogP contribution in [-0.2, 0) is 17.6 Å². The molecule has 1 amide bonds. The molecule has 3 rings (SSSR count). The molecule has 2 aliphatic rings. The number of fused-ring (bicyclic) bond motifs is 1. The molecule has 0 radical (unpaired) electrons. The second-order valence-corrected chi connectivity index (χ2v) is 7.26. The predicted molar refractivity (Wildman–Crippen MR) is 94.5 cm³/mol. The molecule has 3 heteroatoms. The lowest BCUT2D eigenvalue weighted by Crippen LogP contribution is -2.30. The monoisotopic (exact) mass is 314 g/mol. The lowest BCUT2D eigenvalue weighted by molar-refractivity contribution is -0.122. The molecule has 1 aliphatic carbocycles. The molecular weight excluding hydrogens is 284 g/mol. The third-order valence-electron chi connectivity index (χ3n) is 5.49. The summed E-state index contributed by atoms with van der Waals surface area (Å²) in [6.07, 6.45) is 9.15. The Morgan fingerprint density at radius 1 is 1.22 bits per heavy atom. The quantitative estimate of drug-likeness (QED) is 0.873. The van der Waals surface area contributed by atoms with E-state index in [4.69, 9.17) is 0 Å². The minimum absolute atomic E-state index is 0.114. The molecule has 0 bridgehead atoms. The van der Waals surface area contributed by atoms with Crippen molar-refractivity contribution in [3.05, 3.63) is 34.9 Å². The normalized spacial score (nSPS) is 19.9. The summed E-state index contributed by atoms with van der Waals surface area (Å²) in [5, 5.41) is 6.57. The van der Waals surface area contributed by atoms with E-state index >= 15 is 0 Å². The molecule has 1 aromatic rings. The highest BCUT2D eigenvalue weighted by atomic mass is 16.1. The molecule has 0 aromatic heterocycles. The van der Waals surface area contributed by atoms with Crippen LogP contribution < -0.4 is 10.6 Å². The van der Waals surface area contributed by atoms with E-state index in [2.05, 4.69) is 35.8 Å². The van der Waals surface area contributed by atoms with Crippen LogP contribution in [0.5, 0.6) is 0 Å². The van der Waals surface area contributed by atoms with Crippen molar-refractivity contribution in [2.75, 3.05) is 13.1 Å². The lowest BCUT2D eigenvalue weighted by atomic mass is 9.89. The number of aryl methyl sites for hydroxylation is 2. The standard InChI is InChI=1S/C20H30N2O/c1-15(18-8-7-17-4-2-3-5-19(17)14-18)22-20(23)9-6-16-10-12-21-13-11-16/h7-8,14-16,21H,2-6,9-13H2,1H3,(H,22,23). The first-order valence-electron chi connectivity index (χ1n) is 9.34. The van der Waals surface area contributed by atoms with Crippen LogP contribution >= 0.6 is 0 Å². The van der Waals surface area contributed by atoms with Gasteiger partial charge in [-0.05, 0) is 87.6 Å². The number of hydrogen-bond acceptors (Lipinski definition) is 2. The number of rotatable bonds is 5. The maximum Gasteiger partial charge on any atom is 0.220 e. The van der Waals surface area contributed by atoms with Gasteiger partial charge in [0.15, 0.2) is 0 Å². The van der Waals surface area contributed by atoms with Gasteiger partial charge in [-0.15, -0.1) is 0 Å². The molecule has 1 atom stereocenters. The molecule has 1 aliphatic heterocycles. The van der Waals surface area contributed by atoms with Crippen molar-refractivity contribution in [2.45, 2.75) is 64.3 Å². The Kier molecular flexibility index (Phi) is 5.71. The Morgan fingerprint density at radius 3 is 2.74 bits per heavy atom. The average molecular weight is 314 g/mol. The number of amides is 1. The maximum atomic E-state index is 12.2. The van der Waals surface area contributed by atoms with Crippen LogP contribution in [0.25, 0.3) is 0 Å². The summed E-state index contributed by atoms with van der Waals surface area (Å²) in [5.41, 5.74) is 4.25. The van der Waals surface area contributed by atoms with Gasteiger partial charge in [-0.3, -0.25) is 4.79 Å². The fourth-order valence-corrected chi connectivity index (χ4v) is 3.93. The smallest absolute Gasteiger partial charge is 0.220 e. The van der Waals surface area contributed by atoms with Gasteiger partial charge in [0.1, 0.15) is 0 Å². The van der Waals surface area contributed by atoms with Gasteiger partial charge in [0.05, 0.1) is 6.04 Å². The van der Waals surface area contributed by atoms with Crippen molar-refractivity contribution in [3.8, 4) is 0 Å². The number of nitrogens with one attached hydrogen (secondary N) is 2. The van der Waals surface area contributed by atoms with Crippen molar-refractivity contribution in [1.29, 1.82) is 0 Å². The Bertz CT molecular complexity index is 534. The van der Waals surface area contributed by atoms with Crippen LogP contribution in [0.4, 0.5) is 0 Å². The topological polar surface area (TPSA) is 41.1 Å². The molecule has 23 heavy (non-hydrogen) atoms. The molecule has 2 N–H and O–H groups in total. The zero-order valence-electron chi connectivity index (χ0n) is 14.4. The first-order valence-corrected chi connectivity index (χ1v) is 9.34. The van der Waals surface area contributed by atoms with E-state index in [1.807, 2.05) is 0 Å². The zero-order valence-corrected chi connectivity index (χ0v) is 14.4. The van der Waals surface area contributed by atoms with E-state index in [9.17, 15) is 4.79 Å². The van der Waals surface area contributed by atoms with E-state index in [1.165, 1.54) is 55.2 Å². The second-order valence-electron chi connectivity index (χ2n) is 7.26. The molecule has 0 spiro atoms. The average Bonchev–Trinajstić information content (AvgIpc) is 2.60. The van der Waals surface area contributed by atoms with Gasteiger partial charge in [0.25, 0.3) is 0 Å². The van der Waals surface area contributed by atoms with E-state index in [1.54, 1.807) is 0 Å². The highest BCUT2D eigenvalue weighted by Gasteiger charge is 2.17. The molecular formula is C20H30N2O. The Hall–Kier alpha value is -1.35. The van der Waals surface area contributed by atoms with Gasteiger partial charge in [-0.25, -0.2) is 0 Å². The maximum absolute atomic E-state index is 12.2. The number of carbonyl (C=O) groups excluding carboxylic acids is 1. The van der Waals surface area contributed by atoms with Crippen LogP contribution in [0.1, 0.15) is 68.2 Å². The highest BCUT2D eigenvalue weighted by Crippen LogP contribution is 2.25. The van der Waals surface area contributed by atoms with Crippen molar-refractivity contribution in [1.82, 2.24) is 10.6 Å². The van der Waals surface area contributed by atoms with Crippen molar-refractivity contribution in [2.24, 2.45) is 5.92 Å². The van der Waals surface area contributed by atoms with E-state index < -0.39 is 0 Å². The van der Waals surface area contributed by atoms with Crippen molar-refractivity contribution < 1.29 is 4.79 Å². The molecule has 1 saturated heterocycles. The molecule has 1 fully saturated rings. The molecule has 3 nitrogen and oxygen atoms in total. The van der Waals surface area contributed by atoms with Gasteiger partial charge in [-0.1, -0.05) is 18.2 Å². The SMILES string of the molecule is CC(NC(=O)CCC1CCNCC1)c1ccc2c(c1)CCCC2. The van der Waals surface area contributed by atoms with E-state index in [0.29, 0.717) is 6.42 Å². The first-order chi connectivity index (χ1) is 11.2. The fraction of sp³-hybridized carbons (Fsp3) is 0.650. The summed E-state index contributed by atoms with van der Waals surface area (Å²) < 4.78 is 0. The minimum atomic E-state index is 0.114. The fourth-order valence-electron chi connectivity index (χ4n) is 3.93. The second kappa shape index (κ2) is 7.96. The van der Waals surface area contributed by atoms with Gasteiger partial charge in [0.2, 0.25) is 5.91 Å². The summed E-state index contributed by atoms with van der Waals surface area (Å²) in [6.45, 7) is 4.32. The van der Waals surface area contributed by atoms with Crippen LogP contribution in [0, 0.1) is 5.92 Å². The van der Waals surface area contributed by atoms with Crippen molar-refractivity contribution >= 4 is 5.91 Å². The van der Waals surface area contributed by atoms with Crippen LogP contribution in [0.15, 0.2) is 18.2 Å². The number of piperidine rings is 1. The van der Waals surface area contributed by atoms with Gasteiger partial charge >= 0.3 is 0 Å². The molecule has 126 valence electrons. The molecule has 1 unspecified atom stereocenters. The number of hydrogen-bond donors (Lipinski definition) is 2. The summed E-state index contributed by atoms with van der Waals surface area (Å²) in [6, 6.07) is 6.89. The summed E-state index contributed by atoms with van der Waals surface area (Å²) in [4.78, 5) is 12.2. The molecule has 0 saturated carbocycles. The summed E-state index contributed by atoms with van der Waals surface area (Å²) in [7, 11) is 0. The summed E-state index contributed by atoms with van der Waals surface area (Å²) >= 11 is 0. The molecule has 1 heterocycles. The van der Waals surface area contributed by atoms with Gasteiger partial charge < -0.3 is 10.6 Å². The van der Waals surface area contributed by atoms with E-state index in [-0.39, 0.29) is 11.9 Å². The zero-order chi connectivity index (χ0) is 16.1. The lowest BCUT2D eigenvalue weighted by Gasteiger charge is -2.23. The first kappa shape index (κ1) is 16.5. The van der Waals surface area contributed by atoms with Crippen LogP contribution in [0.2, 0.25) is 0 Å². The third-order valence-corrected chi connectivity index (χ3v) is 5.49. The van der Waals surface area contributed by atoms with Crippen LogP contribution in [0.3, 0.4) is 0 Å². The van der Waals surface area contributed by atoms with Crippen LogP contribution in [-0.4, -0.2) is 19.0 Å². The Labute approximate surface area is 140 Å². The predicted octanol–water partition coefficient (Wildman–Crippen LogP) is 3.52. The van der Waals surface area contributed by atoms with Crippen molar-refractivity contribution in [3.63, 3.8) is 0 Å². The Balaban J connectivity index is 1.49.